The molecule has 0 bridgehead atoms. The van der Waals surface area contributed by atoms with Crippen LogP contribution in [0, 0.1) is 0 Å². The zero-order valence-corrected chi connectivity index (χ0v) is 20.9. The molecule has 0 aliphatic carbocycles. The fourth-order valence-electron chi connectivity index (χ4n) is 3.05. The van der Waals surface area contributed by atoms with E-state index in [1.54, 1.807) is 20.9 Å². The summed E-state index contributed by atoms with van der Waals surface area (Å²) in [4.78, 5) is 4.23. The van der Waals surface area contributed by atoms with Crippen LogP contribution in [0.4, 0.5) is 0 Å². The summed E-state index contributed by atoms with van der Waals surface area (Å²) < 4.78 is 29.2. The number of fused-ring (bicyclic) bond motifs is 1. The Morgan fingerprint density at radius 3 is 2.42 bits per heavy atom. The molecule has 11 heteroatoms. The van der Waals surface area contributed by atoms with Gasteiger partial charge in [-0.15, -0.1) is 34.2 Å². The first-order valence-corrected chi connectivity index (χ1v) is 11.3. The van der Waals surface area contributed by atoms with Crippen molar-refractivity contribution in [1.29, 1.82) is 0 Å². The van der Waals surface area contributed by atoms with Crippen molar-refractivity contribution in [3.05, 3.63) is 65.6 Å². The minimum atomic E-state index is -3.40. The van der Waals surface area contributed by atoms with Crippen LogP contribution in [0.15, 0.2) is 53.7 Å². The number of aromatic nitrogens is 3. The molecule has 0 saturated carbocycles. The predicted molar refractivity (Wildman–Crippen MR) is 133 cm³/mol. The summed E-state index contributed by atoms with van der Waals surface area (Å²) >= 11 is 0. The molecule has 0 fully saturated rings. The fourth-order valence-corrected chi connectivity index (χ4v) is 4.54. The lowest BCUT2D eigenvalue weighted by Crippen LogP contribution is -2.37. The Hall–Kier alpha value is -2.25. The summed E-state index contributed by atoms with van der Waals surface area (Å²) in [5, 5.41) is 14.8. The number of nitrogens with zero attached hydrogens (tertiary/aromatic N) is 4. The molecule has 0 radical (unpaired) electrons. The summed E-state index contributed by atoms with van der Waals surface area (Å²) in [6, 6.07) is 13.1. The van der Waals surface area contributed by atoms with E-state index in [1.807, 2.05) is 53.1 Å². The first-order valence-electron chi connectivity index (χ1n) is 9.68. The van der Waals surface area contributed by atoms with Crippen molar-refractivity contribution in [2.75, 3.05) is 7.05 Å². The van der Waals surface area contributed by atoms with Gasteiger partial charge in [0, 0.05) is 25.8 Å². The third kappa shape index (κ3) is 7.14. The van der Waals surface area contributed by atoms with E-state index in [2.05, 4.69) is 30.5 Å². The van der Waals surface area contributed by atoms with Crippen molar-refractivity contribution >= 4 is 45.6 Å². The Morgan fingerprint density at radius 1 is 1.03 bits per heavy atom. The number of benzene rings is 1. The zero-order chi connectivity index (χ0) is 21.6. The SMILES string of the molecule is CN=C(NCc1ccccc1CS(=O)(=O)NC(C)C)NCc1nnc2ccccn12.I. The maximum Gasteiger partial charge on any atom is 0.216 e. The van der Waals surface area contributed by atoms with Crippen molar-refractivity contribution in [2.24, 2.45) is 4.99 Å². The molecule has 3 aromatic rings. The van der Waals surface area contributed by atoms with Gasteiger partial charge in [0.05, 0.1) is 12.3 Å². The van der Waals surface area contributed by atoms with Crippen molar-refractivity contribution in [1.82, 2.24) is 30.0 Å². The molecule has 1 aromatic carbocycles. The summed E-state index contributed by atoms with van der Waals surface area (Å²) in [5.41, 5.74) is 2.42. The number of nitrogens with one attached hydrogen (secondary N) is 3. The molecule has 31 heavy (non-hydrogen) atoms. The van der Waals surface area contributed by atoms with Crippen LogP contribution in [0.5, 0.6) is 0 Å². The first-order chi connectivity index (χ1) is 14.4. The maximum atomic E-state index is 12.3. The highest BCUT2D eigenvalue weighted by atomic mass is 127. The number of hydrogen-bond donors (Lipinski definition) is 3. The molecule has 0 amide bonds. The molecule has 0 aliphatic rings. The molecular formula is C20H28IN7O2S. The molecule has 0 atom stereocenters. The van der Waals surface area contributed by atoms with Gasteiger partial charge >= 0.3 is 0 Å². The van der Waals surface area contributed by atoms with E-state index in [4.69, 9.17) is 0 Å². The van der Waals surface area contributed by atoms with Crippen LogP contribution in [0.25, 0.3) is 5.65 Å². The molecule has 0 spiro atoms. The van der Waals surface area contributed by atoms with Gasteiger partial charge in [0.2, 0.25) is 10.0 Å². The van der Waals surface area contributed by atoms with Crippen molar-refractivity contribution in [3.8, 4) is 0 Å². The van der Waals surface area contributed by atoms with Gasteiger partial charge in [-0.05, 0) is 37.1 Å². The lowest BCUT2D eigenvalue weighted by molar-refractivity contribution is 0.568. The van der Waals surface area contributed by atoms with E-state index in [1.165, 1.54) is 0 Å². The van der Waals surface area contributed by atoms with Gasteiger partial charge in [0.15, 0.2) is 17.4 Å². The normalized spacial score (nSPS) is 12.1. The van der Waals surface area contributed by atoms with E-state index in [0.717, 1.165) is 22.6 Å². The van der Waals surface area contributed by atoms with E-state index in [-0.39, 0.29) is 35.8 Å². The summed E-state index contributed by atoms with van der Waals surface area (Å²) in [7, 11) is -1.72. The Bertz CT molecular complexity index is 1130. The van der Waals surface area contributed by atoms with Crippen molar-refractivity contribution in [2.45, 2.75) is 38.7 Å². The summed E-state index contributed by atoms with van der Waals surface area (Å²) in [6.45, 7) is 4.49. The number of hydrogen-bond acceptors (Lipinski definition) is 5. The number of rotatable bonds is 8. The highest BCUT2D eigenvalue weighted by molar-refractivity contribution is 14.0. The van der Waals surface area contributed by atoms with Crippen LogP contribution < -0.4 is 15.4 Å². The molecule has 2 aromatic heterocycles. The Balaban J connectivity index is 0.00000341. The van der Waals surface area contributed by atoms with Gasteiger partial charge < -0.3 is 10.6 Å². The quantitative estimate of drug-likeness (QED) is 0.222. The van der Waals surface area contributed by atoms with Crippen LogP contribution in [-0.2, 0) is 28.9 Å². The third-order valence-corrected chi connectivity index (χ3v) is 5.87. The molecular weight excluding hydrogens is 529 g/mol. The minimum absolute atomic E-state index is 0. The van der Waals surface area contributed by atoms with E-state index < -0.39 is 10.0 Å². The summed E-state index contributed by atoms with van der Waals surface area (Å²) in [6.07, 6.45) is 1.91. The second kappa shape index (κ2) is 11.4. The van der Waals surface area contributed by atoms with E-state index in [0.29, 0.717) is 19.0 Å². The predicted octanol–water partition coefficient (Wildman–Crippen LogP) is 2.04. The van der Waals surface area contributed by atoms with Crippen LogP contribution in [0.3, 0.4) is 0 Å². The minimum Gasteiger partial charge on any atom is -0.352 e. The lowest BCUT2D eigenvalue weighted by atomic mass is 10.1. The molecule has 168 valence electrons. The Kier molecular flexibility index (Phi) is 9.19. The van der Waals surface area contributed by atoms with Crippen molar-refractivity contribution in [3.63, 3.8) is 0 Å². The molecule has 0 unspecified atom stereocenters. The number of aliphatic imine (C=N–C) groups is 1. The molecule has 9 nitrogen and oxygen atoms in total. The number of sulfonamides is 1. The monoisotopic (exact) mass is 557 g/mol. The van der Waals surface area contributed by atoms with Gasteiger partial charge in [-0.25, -0.2) is 13.1 Å². The lowest BCUT2D eigenvalue weighted by Gasteiger charge is -2.15. The van der Waals surface area contributed by atoms with Crippen LogP contribution in [-0.4, -0.2) is 42.1 Å². The molecule has 3 rings (SSSR count). The van der Waals surface area contributed by atoms with E-state index in [9.17, 15) is 8.42 Å². The van der Waals surface area contributed by atoms with Crippen LogP contribution in [0.2, 0.25) is 0 Å². The topological polar surface area (TPSA) is 113 Å². The van der Waals surface area contributed by atoms with Crippen LogP contribution >= 0.6 is 24.0 Å². The molecule has 3 N–H and O–H groups in total. The van der Waals surface area contributed by atoms with Gasteiger partial charge in [0.25, 0.3) is 0 Å². The average molecular weight is 557 g/mol. The van der Waals surface area contributed by atoms with Gasteiger partial charge in [-0.1, -0.05) is 30.3 Å². The molecule has 0 saturated heterocycles. The third-order valence-electron chi connectivity index (χ3n) is 4.35. The highest BCUT2D eigenvalue weighted by Gasteiger charge is 2.15. The van der Waals surface area contributed by atoms with Crippen molar-refractivity contribution < 1.29 is 8.42 Å². The first kappa shape index (κ1) is 25.0. The fraction of sp³-hybridized carbons (Fsp3) is 0.350. The number of pyridine rings is 1. The Labute approximate surface area is 199 Å². The molecule has 2 heterocycles. The zero-order valence-electron chi connectivity index (χ0n) is 17.7. The van der Waals surface area contributed by atoms with Gasteiger partial charge in [-0.3, -0.25) is 9.39 Å². The van der Waals surface area contributed by atoms with Crippen LogP contribution in [0.1, 0.15) is 30.8 Å². The smallest absolute Gasteiger partial charge is 0.216 e. The second-order valence-corrected chi connectivity index (χ2v) is 8.88. The average Bonchev–Trinajstić information content (AvgIpc) is 3.11. The highest BCUT2D eigenvalue weighted by Crippen LogP contribution is 2.12. The molecule has 0 aliphatic heterocycles. The number of halogens is 1. The standard InChI is InChI=1S/C20H27N7O2S.HI/c1-15(2)26-30(28,29)14-17-9-5-4-8-16(17)12-22-20(21-3)23-13-19-25-24-18-10-6-7-11-27(18)19;/h4-11,15,26H,12-14H2,1-3H3,(H2,21,22,23);1H. The number of guanidine groups is 1. The van der Waals surface area contributed by atoms with Gasteiger partial charge in [0.1, 0.15) is 0 Å². The summed E-state index contributed by atoms with van der Waals surface area (Å²) in [5.74, 6) is 1.28. The van der Waals surface area contributed by atoms with E-state index >= 15 is 0 Å². The largest absolute Gasteiger partial charge is 0.352 e. The Morgan fingerprint density at radius 2 is 1.71 bits per heavy atom. The maximum absolute atomic E-state index is 12.3. The van der Waals surface area contributed by atoms with Gasteiger partial charge in [-0.2, -0.15) is 0 Å². The second-order valence-electron chi connectivity index (χ2n) is 7.12.